The van der Waals surface area contributed by atoms with E-state index in [0.717, 1.165) is 52.9 Å². The summed E-state index contributed by atoms with van der Waals surface area (Å²) < 4.78 is 47.2. The maximum atomic E-state index is 13.4. The molecular weight excluding hydrogens is 599 g/mol. The first kappa shape index (κ1) is 29.1. The Morgan fingerprint density at radius 3 is 2.49 bits per heavy atom. The zero-order chi connectivity index (χ0) is 29.1. The second kappa shape index (κ2) is 12.2. The van der Waals surface area contributed by atoms with E-state index in [4.69, 9.17) is 15.0 Å². The van der Waals surface area contributed by atoms with Crippen LogP contribution in [0.15, 0.2) is 53.0 Å². The number of benzene rings is 2. The van der Waals surface area contributed by atoms with Gasteiger partial charge in [-0.1, -0.05) is 15.9 Å². The highest BCUT2D eigenvalue weighted by Crippen LogP contribution is 2.36. The van der Waals surface area contributed by atoms with E-state index in [9.17, 15) is 18.0 Å². The van der Waals surface area contributed by atoms with E-state index in [1.54, 1.807) is 19.2 Å². The molecule has 11 heteroatoms. The Balaban J connectivity index is 1.07. The molecule has 1 aliphatic heterocycles. The van der Waals surface area contributed by atoms with Crippen molar-refractivity contribution in [2.45, 2.75) is 44.0 Å². The summed E-state index contributed by atoms with van der Waals surface area (Å²) >= 11 is 3.49. The number of nitrogens with zero attached hydrogens (tertiary/aromatic N) is 5. The fourth-order valence-electron chi connectivity index (χ4n) is 5.62. The minimum absolute atomic E-state index is 0.0266. The molecule has 0 N–H and O–H groups in total. The van der Waals surface area contributed by atoms with Crippen LogP contribution in [-0.4, -0.2) is 67.8 Å². The van der Waals surface area contributed by atoms with Crippen LogP contribution in [0.4, 0.5) is 24.7 Å². The van der Waals surface area contributed by atoms with E-state index in [1.165, 1.54) is 6.07 Å². The Morgan fingerprint density at radius 2 is 1.80 bits per heavy atom. The molecule has 1 saturated carbocycles. The molecule has 41 heavy (non-hydrogen) atoms. The lowest BCUT2D eigenvalue weighted by molar-refractivity contribution is -0.139. The Bertz CT molecular complexity index is 1440. The zero-order valence-corrected chi connectivity index (χ0v) is 24.3. The fraction of sp³-hybridized carbons (Fsp3) is 0.433. The quantitative estimate of drug-likeness (QED) is 0.333. The smallest absolute Gasteiger partial charge is 0.372 e. The summed E-state index contributed by atoms with van der Waals surface area (Å²) in [5.41, 5.74) is 0.0721. The van der Waals surface area contributed by atoms with Gasteiger partial charge in [0.15, 0.2) is 0 Å². The van der Waals surface area contributed by atoms with Crippen molar-refractivity contribution in [1.82, 2.24) is 9.88 Å². The highest BCUT2D eigenvalue weighted by molar-refractivity contribution is 9.10. The van der Waals surface area contributed by atoms with Crippen LogP contribution in [0.25, 0.3) is 10.9 Å². The van der Waals surface area contributed by atoms with Gasteiger partial charge in [-0.15, -0.1) is 0 Å². The van der Waals surface area contributed by atoms with E-state index >= 15 is 0 Å². The zero-order valence-electron chi connectivity index (χ0n) is 22.7. The third-order valence-electron chi connectivity index (χ3n) is 8.06. The average Bonchev–Trinajstić information content (AvgIpc) is 2.98. The van der Waals surface area contributed by atoms with Crippen molar-refractivity contribution in [2.24, 2.45) is 0 Å². The summed E-state index contributed by atoms with van der Waals surface area (Å²) in [6.07, 6.45) is -1.71. The van der Waals surface area contributed by atoms with Gasteiger partial charge in [0.2, 0.25) is 5.91 Å². The summed E-state index contributed by atoms with van der Waals surface area (Å²) in [5, 5.41) is 10.1. The van der Waals surface area contributed by atoms with Gasteiger partial charge in [0.1, 0.15) is 12.4 Å². The van der Waals surface area contributed by atoms with Gasteiger partial charge >= 0.3 is 6.18 Å². The number of halogens is 4. The van der Waals surface area contributed by atoms with E-state index in [2.05, 4.69) is 26.9 Å². The molecule has 2 heterocycles. The van der Waals surface area contributed by atoms with E-state index in [0.29, 0.717) is 31.9 Å². The number of hydrogen-bond donors (Lipinski definition) is 0. The number of rotatable bonds is 6. The molecule has 0 spiro atoms. The third kappa shape index (κ3) is 6.76. The lowest BCUT2D eigenvalue weighted by Crippen LogP contribution is -2.50. The Morgan fingerprint density at radius 1 is 1.07 bits per heavy atom. The van der Waals surface area contributed by atoms with E-state index in [1.807, 2.05) is 34.1 Å². The maximum Gasteiger partial charge on any atom is 0.417 e. The number of ether oxygens (including phenoxy) is 1. The molecule has 216 valence electrons. The number of anilines is 2. The summed E-state index contributed by atoms with van der Waals surface area (Å²) in [6, 6.07) is 15.6. The molecular formula is C30H31BrF3N5O2. The SMILES string of the molecule is CN(c1ccc(C#N)c(C(F)(F)F)c1)[C@H]1CC[C@H](OCC(=O)N2CCN(c3ccc4cc(Br)ccc4n3)CC2)CC1. The standard InChI is InChI=1S/C30H31BrF3N5O2/c1-37(24-5-2-21(18-35)26(17-24)30(32,33)34)23-6-8-25(9-7-23)41-19-29(40)39-14-12-38(13-15-39)28-11-3-20-16-22(31)4-10-27(20)36-28/h2-5,10-11,16-17,23,25H,6-9,12-15,19H2,1H3/t23-,25-. The van der Waals surface area contributed by atoms with Crippen LogP contribution in [0.1, 0.15) is 36.8 Å². The van der Waals surface area contributed by atoms with Crippen LogP contribution in [0.3, 0.4) is 0 Å². The first-order valence-corrected chi connectivity index (χ1v) is 14.5. The molecule has 1 saturated heterocycles. The number of aromatic nitrogens is 1. The van der Waals surface area contributed by atoms with E-state index < -0.39 is 11.7 Å². The van der Waals surface area contributed by atoms with Crippen molar-refractivity contribution in [2.75, 3.05) is 49.6 Å². The molecule has 2 aromatic carbocycles. The molecule has 0 bridgehead atoms. The second-order valence-electron chi connectivity index (χ2n) is 10.6. The summed E-state index contributed by atoms with van der Waals surface area (Å²) in [7, 11) is 1.78. The summed E-state index contributed by atoms with van der Waals surface area (Å²) in [6.45, 7) is 2.63. The van der Waals surface area contributed by atoms with Crippen molar-refractivity contribution >= 4 is 44.2 Å². The molecule has 2 fully saturated rings. The number of alkyl halides is 3. The lowest BCUT2D eigenvalue weighted by atomic mass is 9.91. The van der Waals surface area contributed by atoms with Crippen LogP contribution in [0, 0.1) is 11.3 Å². The third-order valence-corrected chi connectivity index (χ3v) is 8.56. The van der Waals surface area contributed by atoms with Crippen molar-refractivity contribution in [3.8, 4) is 6.07 Å². The summed E-state index contributed by atoms with van der Waals surface area (Å²) in [5.74, 6) is 0.873. The highest BCUT2D eigenvalue weighted by atomic mass is 79.9. The number of amides is 1. The number of carbonyl (C=O) groups excluding carboxylic acids is 1. The molecule has 5 rings (SSSR count). The monoisotopic (exact) mass is 629 g/mol. The van der Waals surface area contributed by atoms with Gasteiger partial charge < -0.3 is 19.4 Å². The van der Waals surface area contributed by atoms with Crippen LogP contribution in [0.2, 0.25) is 0 Å². The number of pyridine rings is 1. The number of piperazine rings is 1. The first-order chi connectivity index (χ1) is 19.6. The first-order valence-electron chi connectivity index (χ1n) is 13.7. The van der Waals surface area contributed by atoms with Crippen molar-refractivity contribution < 1.29 is 22.7 Å². The van der Waals surface area contributed by atoms with Gasteiger partial charge in [-0.3, -0.25) is 4.79 Å². The number of fused-ring (bicyclic) bond motifs is 1. The minimum atomic E-state index is -4.59. The van der Waals surface area contributed by atoms with Crippen LogP contribution < -0.4 is 9.80 Å². The second-order valence-corrected chi connectivity index (χ2v) is 11.5. The molecule has 0 atom stereocenters. The fourth-order valence-corrected chi connectivity index (χ4v) is 6.00. The molecule has 7 nitrogen and oxygen atoms in total. The number of nitriles is 1. The average molecular weight is 631 g/mol. The van der Waals surface area contributed by atoms with E-state index in [-0.39, 0.29) is 30.2 Å². The van der Waals surface area contributed by atoms with Crippen LogP contribution in [-0.2, 0) is 15.7 Å². The van der Waals surface area contributed by atoms with Gasteiger partial charge in [0.05, 0.1) is 28.8 Å². The van der Waals surface area contributed by atoms with Gasteiger partial charge in [-0.25, -0.2) is 4.98 Å². The number of carbonyl (C=O) groups is 1. The van der Waals surface area contributed by atoms with Gasteiger partial charge in [0, 0.05) is 54.8 Å². The molecule has 2 aliphatic rings. The molecule has 3 aromatic rings. The predicted octanol–water partition coefficient (Wildman–Crippen LogP) is 6.00. The van der Waals surface area contributed by atoms with Gasteiger partial charge in [-0.2, -0.15) is 18.4 Å². The van der Waals surface area contributed by atoms with Crippen molar-refractivity contribution in [1.29, 1.82) is 5.26 Å². The molecule has 1 amide bonds. The van der Waals surface area contributed by atoms with Crippen molar-refractivity contribution in [3.05, 3.63) is 64.1 Å². The topological polar surface area (TPSA) is 72.7 Å². The van der Waals surface area contributed by atoms with Crippen molar-refractivity contribution in [3.63, 3.8) is 0 Å². The van der Waals surface area contributed by atoms with Crippen LogP contribution in [0.5, 0.6) is 0 Å². The Hall–Kier alpha value is -3.36. The lowest BCUT2D eigenvalue weighted by Gasteiger charge is -2.37. The number of hydrogen-bond acceptors (Lipinski definition) is 6. The minimum Gasteiger partial charge on any atom is -0.372 e. The normalized spacial score (nSPS) is 19.7. The molecule has 1 aromatic heterocycles. The van der Waals surface area contributed by atoms with Gasteiger partial charge in [0.25, 0.3) is 0 Å². The largest absolute Gasteiger partial charge is 0.417 e. The van der Waals surface area contributed by atoms with Crippen LogP contribution >= 0.6 is 15.9 Å². The van der Waals surface area contributed by atoms with Gasteiger partial charge in [-0.05, 0) is 74.2 Å². The molecule has 1 aliphatic carbocycles. The Kier molecular flexibility index (Phi) is 8.71. The summed E-state index contributed by atoms with van der Waals surface area (Å²) in [4.78, 5) is 23.5. The Labute approximate surface area is 245 Å². The maximum absolute atomic E-state index is 13.4. The predicted molar refractivity (Wildman–Crippen MR) is 155 cm³/mol. The highest BCUT2D eigenvalue weighted by Gasteiger charge is 2.35. The molecule has 0 radical (unpaired) electrons. The molecule has 0 unspecified atom stereocenters.